The van der Waals surface area contributed by atoms with E-state index in [4.69, 9.17) is 0 Å². The summed E-state index contributed by atoms with van der Waals surface area (Å²) in [6.45, 7) is 6.56. The van der Waals surface area contributed by atoms with Crippen molar-refractivity contribution in [3.63, 3.8) is 0 Å². The zero-order valence-electron chi connectivity index (χ0n) is 10.1. The van der Waals surface area contributed by atoms with Crippen LogP contribution in [-0.4, -0.2) is 16.1 Å². The fourth-order valence-electron chi connectivity index (χ4n) is 1.73. The summed E-state index contributed by atoms with van der Waals surface area (Å²) in [5.41, 5.74) is 2.46. The van der Waals surface area contributed by atoms with Crippen molar-refractivity contribution < 1.29 is 0 Å². The van der Waals surface area contributed by atoms with Gasteiger partial charge in [0.2, 0.25) is 5.95 Å². The van der Waals surface area contributed by atoms with Crippen molar-refractivity contribution in [2.75, 3.05) is 11.9 Å². The molecule has 0 bridgehead atoms. The molecule has 88 valence electrons. The normalized spacial score (nSPS) is 10.2. The van der Waals surface area contributed by atoms with Gasteiger partial charge in [-0.3, -0.25) is 4.57 Å². The Labute approximate surface area is 102 Å². The van der Waals surface area contributed by atoms with Gasteiger partial charge in [0.05, 0.1) is 0 Å². The van der Waals surface area contributed by atoms with Crippen LogP contribution in [0.15, 0.2) is 49.3 Å². The molecule has 2 rings (SSSR count). The van der Waals surface area contributed by atoms with Gasteiger partial charge in [-0.2, -0.15) is 0 Å². The van der Waals surface area contributed by atoms with Crippen LogP contribution in [0.5, 0.6) is 0 Å². The summed E-state index contributed by atoms with van der Waals surface area (Å²) in [7, 11) is 0. The maximum Gasteiger partial charge on any atom is 0.207 e. The SMILES string of the molecule is C=CCNc1nccn1-c1cccc(CC)c1. The molecule has 0 aliphatic heterocycles. The fraction of sp³-hybridized carbons (Fsp3) is 0.214. The van der Waals surface area contributed by atoms with Crippen molar-refractivity contribution in [3.05, 3.63) is 54.9 Å². The summed E-state index contributed by atoms with van der Waals surface area (Å²) >= 11 is 0. The summed E-state index contributed by atoms with van der Waals surface area (Å²) in [6, 6.07) is 8.48. The van der Waals surface area contributed by atoms with E-state index in [-0.39, 0.29) is 0 Å². The zero-order valence-corrected chi connectivity index (χ0v) is 10.1. The summed E-state index contributed by atoms with van der Waals surface area (Å²) in [5, 5.41) is 3.21. The molecular weight excluding hydrogens is 210 g/mol. The summed E-state index contributed by atoms with van der Waals surface area (Å²) in [4.78, 5) is 4.29. The van der Waals surface area contributed by atoms with E-state index in [1.807, 2.05) is 16.8 Å². The van der Waals surface area contributed by atoms with E-state index in [1.165, 1.54) is 5.56 Å². The van der Waals surface area contributed by atoms with Gasteiger partial charge in [-0.1, -0.05) is 25.1 Å². The van der Waals surface area contributed by atoms with Crippen LogP contribution in [0, 0.1) is 0 Å². The monoisotopic (exact) mass is 227 g/mol. The molecule has 1 aromatic heterocycles. The van der Waals surface area contributed by atoms with Crippen LogP contribution in [0.3, 0.4) is 0 Å². The Morgan fingerprint density at radius 1 is 1.47 bits per heavy atom. The molecule has 3 heteroatoms. The molecule has 0 radical (unpaired) electrons. The zero-order chi connectivity index (χ0) is 12.1. The summed E-state index contributed by atoms with van der Waals surface area (Å²) < 4.78 is 2.04. The number of anilines is 1. The molecule has 3 nitrogen and oxygen atoms in total. The second kappa shape index (κ2) is 5.34. The van der Waals surface area contributed by atoms with Gasteiger partial charge in [-0.05, 0) is 24.1 Å². The summed E-state index contributed by atoms with van der Waals surface area (Å²) in [5.74, 6) is 0.846. The largest absolute Gasteiger partial charge is 0.352 e. The smallest absolute Gasteiger partial charge is 0.207 e. The van der Waals surface area contributed by atoms with Gasteiger partial charge < -0.3 is 5.32 Å². The Bertz CT molecular complexity index is 500. The molecule has 0 aliphatic carbocycles. The highest BCUT2D eigenvalue weighted by Crippen LogP contribution is 2.16. The molecule has 0 aliphatic rings. The van der Waals surface area contributed by atoms with E-state index in [1.54, 1.807) is 6.20 Å². The van der Waals surface area contributed by atoms with Gasteiger partial charge in [0, 0.05) is 24.6 Å². The topological polar surface area (TPSA) is 29.9 Å². The molecule has 17 heavy (non-hydrogen) atoms. The van der Waals surface area contributed by atoms with Gasteiger partial charge in [0.25, 0.3) is 0 Å². The average molecular weight is 227 g/mol. The lowest BCUT2D eigenvalue weighted by Gasteiger charge is -2.09. The molecule has 0 saturated heterocycles. The van der Waals surface area contributed by atoms with Crippen molar-refractivity contribution in [1.29, 1.82) is 0 Å². The predicted octanol–water partition coefficient (Wildman–Crippen LogP) is 3.03. The van der Waals surface area contributed by atoms with E-state index in [2.05, 4.69) is 48.1 Å². The van der Waals surface area contributed by atoms with Crippen molar-refractivity contribution in [2.24, 2.45) is 0 Å². The first-order chi connectivity index (χ1) is 8.35. The fourth-order valence-corrected chi connectivity index (χ4v) is 1.73. The Hall–Kier alpha value is -2.03. The van der Waals surface area contributed by atoms with Gasteiger partial charge in [0.1, 0.15) is 0 Å². The van der Waals surface area contributed by atoms with Crippen LogP contribution in [0.4, 0.5) is 5.95 Å². The van der Waals surface area contributed by atoms with Gasteiger partial charge in [0.15, 0.2) is 0 Å². The molecular formula is C14H17N3. The van der Waals surface area contributed by atoms with Crippen LogP contribution in [-0.2, 0) is 6.42 Å². The molecule has 0 amide bonds. The maximum atomic E-state index is 4.29. The number of hydrogen-bond acceptors (Lipinski definition) is 2. The van der Waals surface area contributed by atoms with Crippen molar-refractivity contribution in [3.8, 4) is 5.69 Å². The molecule has 0 atom stereocenters. The number of aromatic nitrogens is 2. The first-order valence-corrected chi connectivity index (χ1v) is 5.82. The Morgan fingerprint density at radius 2 is 2.35 bits per heavy atom. The molecule has 1 heterocycles. The number of hydrogen-bond donors (Lipinski definition) is 1. The molecule has 0 saturated carbocycles. The number of nitrogens with one attached hydrogen (secondary N) is 1. The van der Waals surface area contributed by atoms with E-state index < -0.39 is 0 Å². The van der Waals surface area contributed by atoms with Gasteiger partial charge >= 0.3 is 0 Å². The van der Waals surface area contributed by atoms with E-state index in [0.717, 1.165) is 18.1 Å². The maximum absolute atomic E-state index is 4.29. The highest BCUT2D eigenvalue weighted by molar-refractivity contribution is 5.43. The molecule has 1 aromatic carbocycles. The van der Waals surface area contributed by atoms with Crippen LogP contribution in [0.2, 0.25) is 0 Å². The van der Waals surface area contributed by atoms with Gasteiger partial charge in [-0.15, -0.1) is 6.58 Å². The molecule has 0 fully saturated rings. The second-order valence-electron chi connectivity index (χ2n) is 3.81. The van der Waals surface area contributed by atoms with Crippen molar-refractivity contribution in [2.45, 2.75) is 13.3 Å². The highest BCUT2D eigenvalue weighted by Gasteiger charge is 2.03. The lowest BCUT2D eigenvalue weighted by atomic mass is 10.1. The molecule has 1 N–H and O–H groups in total. The average Bonchev–Trinajstić information content (AvgIpc) is 2.84. The Kier molecular flexibility index (Phi) is 3.60. The predicted molar refractivity (Wildman–Crippen MR) is 71.6 cm³/mol. The first kappa shape index (κ1) is 11.5. The second-order valence-corrected chi connectivity index (χ2v) is 3.81. The van der Waals surface area contributed by atoms with Crippen molar-refractivity contribution >= 4 is 5.95 Å². The van der Waals surface area contributed by atoms with E-state index in [9.17, 15) is 0 Å². The molecule has 0 spiro atoms. The van der Waals surface area contributed by atoms with Crippen LogP contribution in [0.1, 0.15) is 12.5 Å². The minimum Gasteiger partial charge on any atom is -0.352 e. The standard InChI is InChI=1S/C14H17N3/c1-3-8-15-14-16-9-10-17(14)13-7-5-6-12(4-2)11-13/h3,5-7,9-11H,1,4,8H2,2H3,(H,15,16). The summed E-state index contributed by atoms with van der Waals surface area (Å²) in [6.07, 6.45) is 6.61. The number of benzene rings is 1. The van der Waals surface area contributed by atoms with E-state index in [0.29, 0.717) is 6.54 Å². The highest BCUT2D eigenvalue weighted by atomic mass is 15.2. The quantitative estimate of drug-likeness (QED) is 0.796. The third kappa shape index (κ3) is 2.56. The first-order valence-electron chi connectivity index (χ1n) is 5.82. The van der Waals surface area contributed by atoms with Crippen LogP contribution in [0.25, 0.3) is 5.69 Å². The van der Waals surface area contributed by atoms with Crippen LogP contribution >= 0.6 is 0 Å². The Balaban J connectivity index is 2.31. The number of rotatable bonds is 5. The van der Waals surface area contributed by atoms with Crippen LogP contribution < -0.4 is 5.32 Å². The van der Waals surface area contributed by atoms with E-state index >= 15 is 0 Å². The molecule has 0 unspecified atom stereocenters. The number of aryl methyl sites for hydroxylation is 1. The minimum absolute atomic E-state index is 0.713. The van der Waals surface area contributed by atoms with Crippen molar-refractivity contribution in [1.82, 2.24) is 9.55 Å². The number of imidazole rings is 1. The third-order valence-electron chi connectivity index (χ3n) is 2.64. The lowest BCUT2D eigenvalue weighted by molar-refractivity contribution is 1.03. The lowest BCUT2D eigenvalue weighted by Crippen LogP contribution is -2.05. The number of nitrogens with zero attached hydrogens (tertiary/aromatic N) is 2. The Morgan fingerprint density at radius 3 is 3.12 bits per heavy atom. The van der Waals surface area contributed by atoms with Gasteiger partial charge in [-0.25, -0.2) is 4.98 Å². The third-order valence-corrected chi connectivity index (χ3v) is 2.64. The minimum atomic E-state index is 0.713. The molecule has 2 aromatic rings.